The van der Waals surface area contributed by atoms with Crippen molar-refractivity contribution in [3.05, 3.63) is 0 Å². The van der Waals surface area contributed by atoms with Gasteiger partial charge in [0.25, 0.3) is 0 Å². The molecule has 1 aliphatic rings. The van der Waals surface area contributed by atoms with Gasteiger partial charge in [0.05, 0.1) is 12.2 Å². The van der Waals surface area contributed by atoms with Crippen LogP contribution in [0.4, 0.5) is 0 Å². The zero-order valence-electron chi connectivity index (χ0n) is 14.8. The van der Waals surface area contributed by atoms with Crippen molar-refractivity contribution in [2.75, 3.05) is 20.8 Å². The van der Waals surface area contributed by atoms with Crippen LogP contribution in [0.2, 0.25) is 0 Å². The molecule has 0 heterocycles. The molecule has 3 nitrogen and oxygen atoms in total. The van der Waals surface area contributed by atoms with E-state index in [4.69, 9.17) is 14.2 Å². The van der Waals surface area contributed by atoms with Crippen LogP contribution < -0.4 is 0 Å². The van der Waals surface area contributed by atoms with Gasteiger partial charge in [-0.05, 0) is 24.7 Å². The monoisotopic (exact) mass is 300 g/mol. The lowest BCUT2D eigenvalue weighted by Gasteiger charge is -2.46. The van der Waals surface area contributed by atoms with E-state index in [0.29, 0.717) is 0 Å². The van der Waals surface area contributed by atoms with Crippen molar-refractivity contribution in [1.82, 2.24) is 0 Å². The molecule has 0 aromatic rings. The second-order valence-corrected chi connectivity index (χ2v) is 7.06. The zero-order valence-corrected chi connectivity index (χ0v) is 14.8. The predicted octanol–water partition coefficient (Wildman–Crippen LogP) is 4.58. The predicted molar refractivity (Wildman–Crippen MR) is 87.7 cm³/mol. The summed E-state index contributed by atoms with van der Waals surface area (Å²) in [4.78, 5) is 0. The van der Waals surface area contributed by atoms with Crippen LogP contribution in [0.1, 0.15) is 72.1 Å². The van der Waals surface area contributed by atoms with E-state index in [1.807, 2.05) is 0 Å². The molecule has 1 aliphatic carbocycles. The van der Waals surface area contributed by atoms with Gasteiger partial charge < -0.3 is 14.2 Å². The summed E-state index contributed by atoms with van der Waals surface area (Å²) in [6, 6.07) is 0. The van der Waals surface area contributed by atoms with Crippen LogP contribution in [0, 0.1) is 5.41 Å². The van der Waals surface area contributed by atoms with Gasteiger partial charge in [-0.2, -0.15) is 0 Å². The van der Waals surface area contributed by atoms with E-state index < -0.39 is 0 Å². The Labute approximate surface area is 131 Å². The highest BCUT2D eigenvalue weighted by Gasteiger charge is 2.45. The van der Waals surface area contributed by atoms with Crippen molar-refractivity contribution in [1.29, 1.82) is 0 Å². The van der Waals surface area contributed by atoms with Crippen molar-refractivity contribution >= 4 is 0 Å². The van der Waals surface area contributed by atoms with Crippen LogP contribution in [0.3, 0.4) is 0 Å². The second kappa shape index (κ2) is 9.81. The third kappa shape index (κ3) is 5.88. The molecular formula is C18H36O3. The number of methoxy groups -OCH3 is 2. The van der Waals surface area contributed by atoms with Gasteiger partial charge in [0.15, 0.2) is 0 Å². The Hall–Kier alpha value is -0.120. The Kier molecular flexibility index (Phi) is 8.84. The molecule has 3 unspecified atom stereocenters. The van der Waals surface area contributed by atoms with E-state index in [-0.39, 0.29) is 23.7 Å². The van der Waals surface area contributed by atoms with Crippen molar-refractivity contribution in [2.45, 2.75) is 90.4 Å². The highest BCUT2D eigenvalue weighted by atomic mass is 16.6. The minimum Gasteiger partial charge on any atom is -0.378 e. The van der Waals surface area contributed by atoms with Crippen molar-refractivity contribution < 1.29 is 14.2 Å². The molecule has 21 heavy (non-hydrogen) atoms. The zero-order chi connectivity index (χ0) is 15.7. The molecule has 126 valence electrons. The fraction of sp³-hybridized carbons (Fsp3) is 1.00. The Morgan fingerprint density at radius 2 is 1.62 bits per heavy atom. The lowest BCUT2D eigenvalue weighted by Crippen LogP contribution is -2.53. The summed E-state index contributed by atoms with van der Waals surface area (Å²) in [5, 5.41) is 0. The molecule has 3 atom stereocenters. The van der Waals surface area contributed by atoms with Gasteiger partial charge in [-0.15, -0.1) is 0 Å². The Morgan fingerprint density at radius 1 is 0.952 bits per heavy atom. The molecule has 0 spiro atoms. The standard InChI is InChI=1S/C18H36O3/c1-6-7-8-9-10-11-14-21-15-12-13-18(2,3)17(20-5)16(15)19-4/h15-17H,6-14H2,1-5H3. The first-order valence-electron chi connectivity index (χ1n) is 8.74. The molecule has 0 aromatic carbocycles. The van der Waals surface area contributed by atoms with Crippen LogP contribution in [-0.4, -0.2) is 39.1 Å². The highest BCUT2D eigenvalue weighted by Crippen LogP contribution is 2.39. The fourth-order valence-electron chi connectivity index (χ4n) is 3.48. The van der Waals surface area contributed by atoms with Gasteiger partial charge in [-0.1, -0.05) is 52.9 Å². The maximum Gasteiger partial charge on any atom is 0.110 e. The average molecular weight is 300 g/mol. The normalized spacial score (nSPS) is 28.7. The largest absolute Gasteiger partial charge is 0.378 e. The molecule has 0 saturated heterocycles. The third-order valence-electron chi connectivity index (χ3n) is 4.86. The fourth-order valence-corrected chi connectivity index (χ4v) is 3.48. The lowest BCUT2D eigenvalue weighted by molar-refractivity contribution is -0.178. The smallest absolute Gasteiger partial charge is 0.110 e. The first-order chi connectivity index (χ1) is 10.1. The molecule has 0 radical (unpaired) electrons. The van der Waals surface area contributed by atoms with Gasteiger partial charge >= 0.3 is 0 Å². The summed E-state index contributed by atoms with van der Waals surface area (Å²) >= 11 is 0. The average Bonchev–Trinajstić information content (AvgIpc) is 2.46. The van der Waals surface area contributed by atoms with Crippen LogP contribution in [-0.2, 0) is 14.2 Å². The van der Waals surface area contributed by atoms with Crippen molar-refractivity contribution in [3.63, 3.8) is 0 Å². The molecule has 3 heteroatoms. The maximum atomic E-state index is 6.11. The summed E-state index contributed by atoms with van der Waals surface area (Å²) in [6.07, 6.45) is 10.4. The molecule has 1 fully saturated rings. The molecule has 0 bridgehead atoms. The van der Waals surface area contributed by atoms with Crippen molar-refractivity contribution in [3.8, 4) is 0 Å². The summed E-state index contributed by atoms with van der Waals surface area (Å²) < 4.78 is 17.5. The minimum absolute atomic E-state index is 0.0545. The Morgan fingerprint density at radius 3 is 2.24 bits per heavy atom. The Balaban J connectivity index is 2.30. The second-order valence-electron chi connectivity index (χ2n) is 7.06. The summed E-state index contributed by atoms with van der Waals surface area (Å²) in [7, 11) is 3.56. The summed E-state index contributed by atoms with van der Waals surface area (Å²) in [6.45, 7) is 7.63. The van der Waals surface area contributed by atoms with Crippen LogP contribution in [0.15, 0.2) is 0 Å². The van der Waals surface area contributed by atoms with E-state index in [9.17, 15) is 0 Å². The SMILES string of the molecule is CCCCCCCCOC1CCC(C)(C)C(OC)C1OC. The third-order valence-corrected chi connectivity index (χ3v) is 4.86. The first-order valence-corrected chi connectivity index (χ1v) is 8.74. The Bertz CT molecular complexity index is 265. The van der Waals surface area contributed by atoms with Gasteiger partial charge in [-0.3, -0.25) is 0 Å². The first kappa shape index (κ1) is 18.9. The topological polar surface area (TPSA) is 27.7 Å². The van der Waals surface area contributed by atoms with E-state index in [1.165, 1.54) is 32.1 Å². The van der Waals surface area contributed by atoms with Crippen LogP contribution in [0.5, 0.6) is 0 Å². The number of hydrogen-bond acceptors (Lipinski definition) is 3. The number of unbranched alkanes of at least 4 members (excludes halogenated alkanes) is 5. The van der Waals surface area contributed by atoms with Gasteiger partial charge in [0.2, 0.25) is 0 Å². The quantitative estimate of drug-likeness (QED) is 0.553. The van der Waals surface area contributed by atoms with E-state index in [2.05, 4.69) is 20.8 Å². The molecule has 0 aliphatic heterocycles. The molecule has 1 rings (SSSR count). The molecular weight excluding hydrogens is 264 g/mol. The van der Waals surface area contributed by atoms with Crippen LogP contribution >= 0.6 is 0 Å². The van der Waals surface area contributed by atoms with E-state index >= 15 is 0 Å². The lowest BCUT2D eigenvalue weighted by atomic mass is 9.72. The van der Waals surface area contributed by atoms with E-state index in [1.54, 1.807) is 14.2 Å². The van der Waals surface area contributed by atoms with E-state index in [0.717, 1.165) is 25.9 Å². The molecule has 0 amide bonds. The maximum absolute atomic E-state index is 6.11. The number of hydrogen-bond donors (Lipinski definition) is 0. The van der Waals surface area contributed by atoms with Gasteiger partial charge in [0.1, 0.15) is 6.10 Å². The number of rotatable bonds is 10. The van der Waals surface area contributed by atoms with Crippen LogP contribution in [0.25, 0.3) is 0 Å². The minimum atomic E-state index is 0.0545. The highest BCUT2D eigenvalue weighted by molar-refractivity contribution is 4.95. The summed E-state index contributed by atoms with van der Waals surface area (Å²) in [5.41, 5.74) is 0.162. The van der Waals surface area contributed by atoms with Gasteiger partial charge in [0, 0.05) is 20.8 Å². The van der Waals surface area contributed by atoms with Gasteiger partial charge in [-0.25, -0.2) is 0 Å². The van der Waals surface area contributed by atoms with Crippen molar-refractivity contribution in [2.24, 2.45) is 5.41 Å². The molecule has 0 N–H and O–H groups in total. The molecule has 1 saturated carbocycles. The summed E-state index contributed by atoms with van der Waals surface area (Å²) in [5.74, 6) is 0. The molecule has 0 aromatic heterocycles. The number of ether oxygens (including phenoxy) is 3.